The molecule has 1 N–H and O–H groups in total. The molecule has 1 aromatic carbocycles. The lowest BCUT2D eigenvalue weighted by atomic mass is 9.95. The van der Waals surface area contributed by atoms with Crippen LogP contribution in [0.2, 0.25) is 0 Å². The number of hydrogen-bond donors (Lipinski definition) is 1. The van der Waals surface area contributed by atoms with Crippen LogP contribution in [0.1, 0.15) is 12.5 Å². The van der Waals surface area contributed by atoms with E-state index < -0.39 is 5.60 Å². The summed E-state index contributed by atoms with van der Waals surface area (Å²) in [7, 11) is 0. The molecule has 19 heavy (non-hydrogen) atoms. The fourth-order valence-electron chi connectivity index (χ4n) is 2.13. The van der Waals surface area contributed by atoms with Crippen LogP contribution in [0.3, 0.4) is 0 Å². The topological polar surface area (TPSA) is 59.0 Å². The van der Waals surface area contributed by atoms with Gasteiger partial charge in [0.1, 0.15) is 12.2 Å². The Morgan fingerprint density at radius 2 is 2.05 bits per heavy atom. The second-order valence-corrected chi connectivity index (χ2v) is 4.67. The molecule has 0 aromatic heterocycles. The van der Waals surface area contributed by atoms with Crippen molar-refractivity contribution in [3.63, 3.8) is 0 Å². The van der Waals surface area contributed by atoms with Crippen LogP contribution in [0, 0.1) is 0 Å². The Balaban J connectivity index is 1.77. The van der Waals surface area contributed by atoms with E-state index >= 15 is 0 Å². The number of benzene rings is 1. The van der Waals surface area contributed by atoms with E-state index in [9.17, 15) is 9.90 Å². The van der Waals surface area contributed by atoms with Gasteiger partial charge >= 0.3 is 6.09 Å². The largest absolute Gasteiger partial charge is 0.445 e. The van der Waals surface area contributed by atoms with E-state index in [1.807, 2.05) is 37.3 Å². The lowest BCUT2D eigenvalue weighted by Gasteiger charge is -2.47. The highest BCUT2D eigenvalue weighted by Gasteiger charge is 2.46. The number of amides is 1. The monoisotopic (exact) mass is 265 g/mol. The van der Waals surface area contributed by atoms with Gasteiger partial charge < -0.3 is 19.5 Å². The number of carbonyl (C=O) groups is 1. The summed E-state index contributed by atoms with van der Waals surface area (Å²) in [6, 6.07) is 9.53. The number of aliphatic hydroxyl groups is 1. The van der Waals surface area contributed by atoms with Gasteiger partial charge in [-0.1, -0.05) is 30.3 Å². The quantitative estimate of drug-likeness (QED) is 0.874. The molecule has 0 radical (unpaired) electrons. The van der Waals surface area contributed by atoms with Gasteiger partial charge in [-0.2, -0.15) is 0 Å². The number of ether oxygens (including phenoxy) is 2. The fraction of sp³-hybridized carbons (Fsp3) is 0.500. The number of rotatable bonds is 5. The van der Waals surface area contributed by atoms with Crippen LogP contribution in [-0.4, -0.2) is 48.0 Å². The Hall–Kier alpha value is -1.59. The minimum absolute atomic E-state index is 0.0801. The third-order valence-corrected chi connectivity index (χ3v) is 3.16. The fourth-order valence-corrected chi connectivity index (χ4v) is 2.13. The summed E-state index contributed by atoms with van der Waals surface area (Å²) in [6.07, 6.45) is -0.368. The van der Waals surface area contributed by atoms with Crippen molar-refractivity contribution >= 4 is 6.09 Å². The molecule has 1 aliphatic rings. The number of nitrogens with zero attached hydrogens (tertiary/aromatic N) is 1. The van der Waals surface area contributed by atoms with Gasteiger partial charge in [-0.3, -0.25) is 0 Å². The van der Waals surface area contributed by atoms with E-state index in [0.717, 1.165) is 5.56 Å². The van der Waals surface area contributed by atoms with Crippen LogP contribution in [0.4, 0.5) is 4.79 Å². The highest BCUT2D eigenvalue weighted by Crippen LogP contribution is 2.25. The highest BCUT2D eigenvalue weighted by molar-refractivity contribution is 5.69. The summed E-state index contributed by atoms with van der Waals surface area (Å²) in [5.41, 5.74) is 0.357. The molecule has 1 amide bonds. The summed E-state index contributed by atoms with van der Waals surface area (Å²) in [4.78, 5) is 13.3. The maximum atomic E-state index is 11.8. The number of carbonyl (C=O) groups excluding carboxylic acids is 1. The molecule has 0 spiro atoms. The van der Waals surface area contributed by atoms with Crippen molar-refractivity contribution in [1.29, 1.82) is 0 Å². The first-order valence-corrected chi connectivity index (χ1v) is 6.39. The molecule has 0 aliphatic carbocycles. The van der Waals surface area contributed by atoms with Crippen LogP contribution in [0.25, 0.3) is 0 Å². The van der Waals surface area contributed by atoms with Gasteiger partial charge in [0.2, 0.25) is 0 Å². The Morgan fingerprint density at radius 3 is 2.63 bits per heavy atom. The Labute approximate surface area is 112 Å². The lowest BCUT2D eigenvalue weighted by Crippen LogP contribution is -2.66. The zero-order chi connectivity index (χ0) is 13.7. The molecule has 0 bridgehead atoms. The first kappa shape index (κ1) is 13.8. The average Bonchev–Trinajstić information content (AvgIpc) is 2.41. The second kappa shape index (κ2) is 6.04. The Bertz CT molecular complexity index is 415. The van der Waals surface area contributed by atoms with Crippen molar-refractivity contribution in [3.05, 3.63) is 35.9 Å². The standard InChI is InChI=1S/C14H19NO4/c1-2-19-14(11-16)9-15(10-14)13(17)18-8-12-6-4-3-5-7-12/h3-7,16H,2,8-11H2,1H3. The number of hydrogen-bond acceptors (Lipinski definition) is 4. The van der Waals surface area contributed by atoms with E-state index in [2.05, 4.69) is 0 Å². The van der Waals surface area contributed by atoms with E-state index in [-0.39, 0.29) is 19.3 Å². The normalized spacial score (nSPS) is 16.8. The Morgan fingerprint density at radius 1 is 1.37 bits per heavy atom. The summed E-state index contributed by atoms with van der Waals surface area (Å²) in [6.45, 7) is 3.33. The minimum atomic E-state index is -0.597. The van der Waals surface area contributed by atoms with Crippen molar-refractivity contribution < 1.29 is 19.4 Å². The van der Waals surface area contributed by atoms with Crippen LogP contribution < -0.4 is 0 Å². The molecule has 5 nitrogen and oxygen atoms in total. The van der Waals surface area contributed by atoms with E-state index in [1.165, 1.54) is 4.90 Å². The predicted octanol–water partition coefficient (Wildman–Crippen LogP) is 1.41. The van der Waals surface area contributed by atoms with Crippen molar-refractivity contribution in [2.24, 2.45) is 0 Å². The van der Waals surface area contributed by atoms with E-state index in [1.54, 1.807) is 0 Å². The third-order valence-electron chi connectivity index (χ3n) is 3.16. The molecule has 1 fully saturated rings. The predicted molar refractivity (Wildman–Crippen MR) is 69.6 cm³/mol. The van der Waals surface area contributed by atoms with Gasteiger partial charge in [-0.15, -0.1) is 0 Å². The van der Waals surface area contributed by atoms with Gasteiger partial charge in [-0.05, 0) is 12.5 Å². The van der Waals surface area contributed by atoms with Crippen LogP contribution in [0.5, 0.6) is 0 Å². The van der Waals surface area contributed by atoms with E-state index in [0.29, 0.717) is 19.7 Å². The van der Waals surface area contributed by atoms with Crippen LogP contribution in [0.15, 0.2) is 30.3 Å². The first-order valence-electron chi connectivity index (χ1n) is 6.39. The molecule has 104 valence electrons. The SMILES string of the molecule is CCOC1(CO)CN(C(=O)OCc2ccccc2)C1. The summed E-state index contributed by atoms with van der Waals surface area (Å²) < 4.78 is 10.7. The molecule has 1 aromatic rings. The highest BCUT2D eigenvalue weighted by atomic mass is 16.6. The van der Waals surface area contributed by atoms with Gasteiger partial charge in [0.25, 0.3) is 0 Å². The molecule has 1 aliphatic heterocycles. The molecule has 2 rings (SSSR count). The number of aliphatic hydroxyl groups excluding tert-OH is 1. The maximum absolute atomic E-state index is 11.8. The summed E-state index contributed by atoms with van der Waals surface area (Å²) >= 11 is 0. The molecular weight excluding hydrogens is 246 g/mol. The molecule has 5 heteroatoms. The zero-order valence-corrected chi connectivity index (χ0v) is 11.0. The van der Waals surface area contributed by atoms with Crippen molar-refractivity contribution in [2.75, 3.05) is 26.3 Å². The second-order valence-electron chi connectivity index (χ2n) is 4.67. The van der Waals surface area contributed by atoms with Gasteiger partial charge in [0.05, 0.1) is 19.7 Å². The molecular formula is C14H19NO4. The minimum Gasteiger partial charge on any atom is -0.445 e. The zero-order valence-electron chi connectivity index (χ0n) is 11.0. The van der Waals surface area contributed by atoms with Crippen LogP contribution in [-0.2, 0) is 16.1 Å². The van der Waals surface area contributed by atoms with Crippen molar-refractivity contribution in [3.8, 4) is 0 Å². The molecule has 0 unspecified atom stereocenters. The van der Waals surface area contributed by atoms with Crippen LogP contribution >= 0.6 is 0 Å². The first-order chi connectivity index (χ1) is 9.19. The molecule has 1 heterocycles. The maximum Gasteiger partial charge on any atom is 0.410 e. The van der Waals surface area contributed by atoms with Crippen molar-refractivity contribution in [2.45, 2.75) is 19.1 Å². The molecule has 0 atom stereocenters. The van der Waals surface area contributed by atoms with Gasteiger partial charge in [0, 0.05) is 6.61 Å². The van der Waals surface area contributed by atoms with Crippen molar-refractivity contribution in [1.82, 2.24) is 4.90 Å². The molecule has 1 saturated heterocycles. The van der Waals surface area contributed by atoms with Gasteiger partial charge in [-0.25, -0.2) is 4.79 Å². The average molecular weight is 265 g/mol. The molecule has 0 saturated carbocycles. The summed E-state index contributed by atoms with van der Waals surface area (Å²) in [5, 5.41) is 9.27. The smallest absolute Gasteiger partial charge is 0.410 e. The summed E-state index contributed by atoms with van der Waals surface area (Å²) in [5.74, 6) is 0. The number of likely N-dealkylation sites (tertiary alicyclic amines) is 1. The Kier molecular flexibility index (Phi) is 4.39. The third kappa shape index (κ3) is 3.24. The van der Waals surface area contributed by atoms with Gasteiger partial charge in [0.15, 0.2) is 0 Å². The van der Waals surface area contributed by atoms with E-state index in [4.69, 9.17) is 9.47 Å². The lowest BCUT2D eigenvalue weighted by molar-refractivity contribution is -0.154.